The maximum Gasteiger partial charge on any atom is 0.0880 e. The van der Waals surface area contributed by atoms with Crippen LogP contribution in [0.1, 0.15) is 31.9 Å². The molecule has 3 heteroatoms. The van der Waals surface area contributed by atoms with E-state index < -0.39 is 0 Å². The Hall–Kier alpha value is -2.75. The molecule has 0 atom stereocenters. The van der Waals surface area contributed by atoms with Gasteiger partial charge in [-0.15, -0.1) is 22.7 Å². The first-order chi connectivity index (χ1) is 14.9. The molecule has 6 aromatic rings. The van der Waals surface area contributed by atoms with Gasteiger partial charge in [-0.05, 0) is 75.3 Å². The van der Waals surface area contributed by atoms with E-state index in [1.165, 1.54) is 57.7 Å². The first-order valence-electron chi connectivity index (χ1n) is 10.6. The van der Waals surface area contributed by atoms with Crippen molar-refractivity contribution in [1.82, 2.24) is 4.98 Å². The normalized spacial score (nSPS) is 12.5. The standard InChI is InChI=1S/C28H23NS2/c1-16-15-30-24-14-25-22(13-21(16)24)20-9-10-29-26(27(20)31-25)18-11-17-7-5-6-8-19(17)23(12-18)28(2,3)4/h5-15H,1-4H3. The summed E-state index contributed by atoms with van der Waals surface area (Å²) in [6, 6.07) is 20.3. The monoisotopic (exact) mass is 437 g/mol. The van der Waals surface area contributed by atoms with Gasteiger partial charge in [0, 0.05) is 31.9 Å². The topological polar surface area (TPSA) is 12.9 Å². The lowest BCUT2D eigenvalue weighted by Crippen LogP contribution is -2.12. The number of hydrogen-bond acceptors (Lipinski definition) is 3. The summed E-state index contributed by atoms with van der Waals surface area (Å²) in [5.41, 5.74) is 5.09. The minimum absolute atomic E-state index is 0.0611. The lowest BCUT2D eigenvalue weighted by atomic mass is 9.82. The Kier molecular flexibility index (Phi) is 4.05. The van der Waals surface area contributed by atoms with Crippen LogP contribution >= 0.6 is 22.7 Å². The average Bonchev–Trinajstić information content (AvgIpc) is 3.30. The largest absolute Gasteiger partial charge is 0.255 e. The van der Waals surface area contributed by atoms with E-state index in [4.69, 9.17) is 4.98 Å². The molecule has 6 rings (SSSR count). The number of benzene rings is 3. The van der Waals surface area contributed by atoms with Gasteiger partial charge in [0.1, 0.15) is 0 Å². The number of rotatable bonds is 1. The van der Waals surface area contributed by atoms with Crippen LogP contribution in [0.2, 0.25) is 0 Å². The van der Waals surface area contributed by atoms with Crippen LogP contribution in [0, 0.1) is 6.92 Å². The van der Waals surface area contributed by atoms with Gasteiger partial charge < -0.3 is 0 Å². The second-order valence-corrected chi connectivity index (χ2v) is 11.4. The molecule has 3 heterocycles. The summed E-state index contributed by atoms with van der Waals surface area (Å²) in [7, 11) is 0. The Morgan fingerprint density at radius 3 is 2.48 bits per heavy atom. The molecule has 3 aromatic carbocycles. The van der Waals surface area contributed by atoms with Crippen molar-refractivity contribution in [3.63, 3.8) is 0 Å². The molecule has 152 valence electrons. The van der Waals surface area contributed by atoms with Crippen LogP contribution in [-0.4, -0.2) is 4.98 Å². The van der Waals surface area contributed by atoms with Crippen molar-refractivity contribution in [2.45, 2.75) is 33.1 Å². The Bertz CT molecular complexity index is 1630. The third-order valence-electron chi connectivity index (χ3n) is 6.22. The second kappa shape index (κ2) is 6.62. The van der Waals surface area contributed by atoms with Gasteiger partial charge in [0.2, 0.25) is 0 Å². The van der Waals surface area contributed by atoms with Gasteiger partial charge in [-0.3, -0.25) is 4.98 Å². The fraction of sp³-hybridized carbons (Fsp3) is 0.179. The first kappa shape index (κ1) is 19.0. The van der Waals surface area contributed by atoms with Crippen LogP contribution < -0.4 is 0 Å². The van der Waals surface area contributed by atoms with Crippen LogP contribution in [0.25, 0.3) is 52.3 Å². The highest BCUT2D eigenvalue weighted by atomic mass is 32.1. The molecule has 0 aliphatic carbocycles. The number of hydrogen-bond donors (Lipinski definition) is 0. The SMILES string of the molecule is Cc1csc2cc3sc4c(-c5cc(C(C)(C)C)c6ccccc6c5)nccc4c3cc12. The zero-order valence-corrected chi connectivity index (χ0v) is 19.7. The third kappa shape index (κ3) is 2.91. The van der Waals surface area contributed by atoms with Crippen LogP contribution in [0.5, 0.6) is 0 Å². The minimum Gasteiger partial charge on any atom is -0.255 e. The summed E-state index contributed by atoms with van der Waals surface area (Å²) >= 11 is 3.71. The predicted octanol–water partition coefficient (Wildman–Crippen LogP) is 9.09. The molecule has 0 amide bonds. The summed E-state index contributed by atoms with van der Waals surface area (Å²) in [5, 5.41) is 8.89. The summed E-state index contributed by atoms with van der Waals surface area (Å²) in [6.07, 6.45) is 1.97. The first-order valence-corrected chi connectivity index (χ1v) is 12.3. The Balaban J connectivity index is 1.68. The molecule has 0 aliphatic heterocycles. The zero-order chi connectivity index (χ0) is 21.3. The lowest BCUT2D eigenvalue weighted by molar-refractivity contribution is 0.596. The fourth-order valence-corrected chi connectivity index (χ4v) is 6.89. The number of nitrogens with zero attached hydrogens (tertiary/aromatic N) is 1. The maximum absolute atomic E-state index is 4.89. The molecule has 0 unspecified atom stereocenters. The Labute approximate surface area is 190 Å². The van der Waals surface area contributed by atoms with Crippen molar-refractivity contribution in [3.8, 4) is 11.3 Å². The van der Waals surface area contributed by atoms with E-state index in [0.717, 1.165) is 5.69 Å². The molecule has 0 saturated carbocycles. The fourth-order valence-electron chi connectivity index (χ4n) is 4.62. The lowest BCUT2D eigenvalue weighted by Gasteiger charge is -2.22. The predicted molar refractivity (Wildman–Crippen MR) is 139 cm³/mol. The molecule has 0 N–H and O–H groups in total. The van der Waals surface area contributed by atoms with Crippen molar-refractivity contribution >= 4 is 63.7 Å². The van der Waals surface area contributed by atoms with Gasteiger partial charge in [0.05, 0.1) is 10.4 Å². The summed E-state index contributed by atoms with van der Waals surface area (Å²) in [4.78, 5) is 4.89. The molecular formula is C28H23NS2. The van der Waals surface area contributed by atoms with Gasteiger partial charge >= 0.3 is 0 Å². The van der Waals surface area contributed by atoms with E-state index in [2.05, 4.69) is 87.7 Å². The van der Waals surface area contributed by atoms with Gasteiger partial charge in [-0.1, -0.05) is 45.0 Å². The summed E-state index contributed by atoms with van der Waals surface area (Å²) in [6.45, 7) is 9.08. The van der Waals surface area contributed by atoms with Gasteiger partial charge in [-0.25, -0.2) is 0 Å². The van der Waals surface area contributed by atoms with Crippen molar-refractivity contribution in [2.24, 2.45) is 0 Å². The molecule has 3 aromatic heterocycles. The molecular weight excluding hydrogens is 414 g/mol. The number of thiophene rings is 2. The van der Waals surface area contributed by atoms with Crippen LogP contribution in [0.4, 0.5) is 0 Å². The van der Waals surface area contributed by atoms with E-state index >= 15 is 0 Å². The summed E-state index contributed by atoms with van der Waals surface area (Å²) < 4.78 is 3.99. The Morgan fingerprint density at radius 1 is 0.806 bits per heavy atom. The van der Waals surface area contributed by atoms with Gasteiger partial charge in [-0.2, -0.15) is 0 Å². The number of pyridine rings is 1. The molecule has 1 nitrogen and oxygen atoms in total. The van der Waals surface area contributed by atoms with Crippen LogP contribution in [-0.2, 0) is 5.41 Å². The molecule has 31 heavy (non-hydrogen) atoms. The van der Waals surface area contributed by atoms with Crippen LogP contribution in [0.3, 0.4) is 0 Å². The highest BCUT2D eigenvalue weighted by Crippen LogP contribution is 2.43. The van der Waals surface area contributed by atoms with Crippen molar-refractivity contribution < 1.29 is 0 Å². The van der Waals surface area contributed by atoms with Gasteiger partial charge in [0.25, 0.3) is 0 Å². The van der Waals surface area contributed by atoms with Crippen molar-refractivity contribution in [1.29, 1.82) is 0 Å². The smallest absolute Gasteiger partial charge is 0.0880 e. The summed E-state index contributed by atoms with van der Waals surface area (Å²) in [5.74, 6) is 0. The molecule has 0 saturated heterocycles. The highest BCUT2D eigenvalue weighted by molar-refractivity contribution is 7.26. The minimum atomic E-state index is 0.0611. The van der Waals surface area contributed by atoms with Crippen molar-refractivity contribution in [3.05, 3.63) is 77.3 Å². The maximum atomic E-state index is 4.89. The Morgan fingerprint density at radius 2 is 1.65 bits per heavy atom. The quantitative estimate of drug-likeness (QED) is 0.250. The number of aryl methyl sites for hydroxylation is 1. The van der Waals surface area contributed by atoms with E-state index in [-0.39, 0.29) is 5.41 Å². The van der Waals surface area contributed by atoms with E-state index in [0.29, 0.717) is 0 Å². The zero-order valence-electron chi connectivity index (χ0n) is 18.1. The molecule has 0 radical (unpaired) electrons. The third-order valence-corrected chi connectivity index (χ3v) is 8.46. The van der Waals surface area contributed by atoms with E-state index in [1.54, 1.807) is 0 Å². The van der Waals surface area contributed by atoms with E-state index in [9.17, 15) is 0 Å². The number of aromatic nitrogens is 1. The molecule has 0 fully saturated rings. The molecule has 0 aliphatic rings. The molecule has 0 spiro atoms. The number of fused-ring (bicyclic) bond motifs is 5. The van der Waals surface area contributed by atoms with E-state index in [1.807, 2.05) is 28.9 Å². The molecule has 0 bridgehead atoms. The van der Waals surface area contributed by atoms with Crippen LogP contribution in [0.15, 0.2) is 66.2 Å². The van der Waals surface area contributed by atoms with Gasteiger partial charge in [0.15, 0.2) is 0 Å². The second-order valence-electron chi connectivity index (χ2n) is 9.40. The highest BCUT2D eigenvalue weighted by Gasteiger charge is 2.20. The average molecular weight is 438 g/mol. The van der Waals surface area contributed by atoms with Crippen molar-refractivity contribution in [2.75, 3.05) is 0 Å².